The SMILES string of the molecule is IC#CCCCC#Cc1ccccc1. The Labute approximate surface area is 99.2 Å². The Morgan fingerprint density at radius 3 is 2.43 bits per heavy atom. The maximum absolute atomic E-state index is 3.14. The second-order valence-corrected chi connectivity index (χ2v) is 3.33. The molecule has 0 saturated heterocycles. The number of halogens is 1. The zero-order chi connectivity index (χ0) is 10.1. The van der Waals surface area contributed by atoms with E-state index in [1.54, 1.807) is 0 Å². The van der Waals surface area contributed by atoms with Crippen LogP contribution < -0.4 is 0 Å². The van der Waals surface area contributed by atoms with Gasteiger partial charge in [0.15, 0.2) is 0 Å². The topological polar surface area (TPSA) is 0 Å². The van der Waals surface area contributed by atoms with Gasteiger partial charge in [0.2, 0.25) is 0 Å². The first-order valence-corrected chi connectivity index (χ1v) is 5.64. The van der Waals surface area contributed by atoms with Crippen LogP contribution in [-0.2, 0) is 0 Å². The van der Waals surface area contributed by atoms with Crippen LogP contribution in [0.2, 0.25) is 0 Å². The summed E-state index contributed by atoms with van der Waals surface area (Å²) in [7, 11) is 0. The number of rotatable bonds is 2. The molecule has 0 N–H and O–H groups in total. The molecule has 1 rings (SSSR count). The standard InChI is InChI=1S/C13H11I/c14-12-8-3-1-2-5-9-13-10-6-4-7-11-13/h4,6-7,10-11H,1-3H2. The molecule has 70 valence electrons. The summed E-state index contributed by atoms with van der Waals surface area (Å²) in [6.07, 6.45) is 2.95. The fourth-order valence-electron chi connectivity index (χ4n) is 0.998. The molecule has 0 aliphatic heterocycles. The normalized spacial score (nSPS) is 8.07. The van der Waals surface area contributed by atoms with Gasteiger partial charge in [-0.3, -0.25) is 0 Å². The highest BCUT2D eigenvalue weighted by molar-refractivity contribution is 14.1. The van der Waals surface area contributed by atoms with Gasteiger partial charge in [0.25, 0.3) is 0 Å². The molecular weight excluding hydrogens is 283 g/mol. The van der Waals surface area contributed by atoms with Crippen LogP contribution in [0.25, 0.3) is 0 Å². The van der Waals surface area contributed by atoms with Crippen molar-refractivity contribution in [3.63, 3.8) is 0 Å². The van der Waals surface area contributed by atoms with E-state index in [4.69, 9.17) is 0 Å². The van der Waals surface area contributed by atoms with Crippen LogP contribution in [0.15, 0.2) is 30.3 Å². The van der Waals surface area contributed by atoms with E-state index in [0.29, 0.717) is 0 Å². The monoisotopic (exact) mass is 294 g/mol. The van der Waals surface area contributed by atoms with E-state index >= 15 is 0 Å². The van der Waals surface area contributed by atoms with E-state index in [1.807, 2.05) is 30.3 Å². The van der Waals surface area contributed by atoms with Crippen molar-refractivity contribution in [3.05, 3.63) is 35.9 Å². The lowest BCUT2D eigenvalue weighted by atomic mass is 10.2. The fourth-order valence-corrected chi connectivity index (χ4v) is 1.27. The number of benzene rings is 1. The van der Waals surface area contributed by atoms with Crippen LogP contribution in [0.1, 0.15) is 24.8 Å². The third-order valence-corrected chi connectivity index (χ3v) is 2.06. The fraction of sp³-hybridized carbons (Fsp3) is 0.231. The predicted octanol–water partition coefficient (Wildman–Crippen LogP) is 3.60. The van der Waals surface area contributed by atoms with Crippen LogP contribution in [0, 0.1) is 21.7 Å². The lowest BCUT2D eigenvalue weighted by molar-refractivity contribution is 0.904. The van der Waals surface area contributed by atoms with Gasteiger partial charge in [-0.05, 0) is 22.5 Å². The third kappa shape index (κ3) is 4.94. The van der Waals surface area contributed by atoms with Crippen molar-refractivity contribution in [3.8, 4) is 21.7 Å². The third-order valence-electron chi connectivity index (χ3n) is 1.68. The summed E-state index contributed by atoms with van der Waals surface area (Å²) in [5.74, 6) is 9.28. The Morgan fingerprint density at radius 1 is 1.00 bits per heavy atom. The largest absolute Gasteiger partial charge is 0.0979 e. The van der Waals surface area contributed by atoms with Crippen LogP contribution in [0.3, 0.4) is 0 Å². The molecule has 0 saturated carbocycles. The van der Waals surface area contributed by atoms with Gasteiger partial charge >= 0.3 is 0 Å². The first-order valence-electron chi connectivity index (χ1n) is 4.56. The molecule has 0 heterocycles. The van der Waals surface area contributed by atoms with Gasteiger partial charge in [0, 0.05) is 41.0 Å². The van der Waals surface area contributed by atoms with Gasteiger partial charge in [0.1, 0.15) is 0 Å². The Kier molecular flexibility index (Phi) is 5.95. The first-order chi connectivity index (χ1) is 6.93. The summed E-state index contributed by atoms with van der Waals surface area (Å²) in [6.45, 7) is 0. The summed E-state index contributed by atoms with van der Waals surface area (Å²) in [4.78, 5) is 0. The molecule has 0 nitrogen and oxygen atoms in total. The van der Waals surface area contributed by atoms with Crippen LogP contribution >= 0.6 is 22.6 Å². The average Bonchev–Trinajstić information content (AvgIpc) is 2.25. The summed E-state index contributed by atoms with van der Waals surface area (Å²) in [5.41, 5.74) is 1.09. The van der Waals surface area contributed by atoms with Crippen LogP contribution in [0.4, 0.5) is 0 Å². The number of hydrogen-bond donors (Lipinski definition) is 0. The molecule has 0 fully saturated rings. The first kappa shape index (κ1) is 11.1. The summed E-state index contributed by atoms with van der Waals surface area (Å²) in [6, 6.07) is 10.1. The van der Waals surface area contributed by atoms with Crippen molar-refractivity contribution in [1.82, 2.24) is 0 Å². The minimum Gasteiger partial charge on any atom is -0.0979 e. The zero-order valence-electron chi connectivity index (χ0n) is 7.89. The second kappa shape index (κ2) is 7.47. The molecule has 0 aliphatic carbocycles. The predicted molar refractivity (Wildman–Crippen MR) is 69.0 cm³/mol. The molecule has 1 heteroatoms. The highest BCUT2D eigenvalue weighted by Crippen LogP contribution is 1.97. The Hall–Kier alpha value is -0.930. The molecule has 0 radical (unpaired) electrons. The van der Waals surface area contributed by atoms with E-state index in [9.17, 15) is 0 Å². The quantitative estimate of drug-likeness (QED) is 0.444. The maximum atomic E-state index is 3.14. The van der Waals surface area contributed by atoms with Crippen molar-refractivity contribution in [2.24, 2.45) is 0 Å². The molecule has 0 spiro atoms. The molecular formula is C13H11I. The molecule has 0 aliphatic rings. The maximum Gasteiger partial charge on any atom is 0.0245 e. The van der Waals surface area contributed by atoms with E-state index in [2.05, 4.69) is 44.3 Å². The van der Waals surface area contributed by atoms with Gasteiger partial charge in [-0.1, -0.05) is 36.0 Å². The summed E-state index contributed by atoms with van der Waals surface area (Å²) < 4.78 is 2.85. The Bertz CT molecular complexity index is 370. The molecule has 0 aromatic heterocycles. The summed E-state index contributed by atoms with van der Waals surface area (Å²) in [5, 5.41) is 0. The Balaban J connectivity index is 2.30. The zero-order valence-corrected chi connectivity index (χ0v) is 10.0. The molecule has 1 aromatic rings. The average molecular weight is 294 g/mol. The molecule has 14 heavy (non-hydrogen) atoms. The number of hydrogen-bond acceptors (Lipinski definition) is 0. The molecule has 0 bridgehead atoms. The molecule has 1 aromatic carbocycles. The van der Waals surface area contributed by atoms with Crippen LogP contribution in [-0.4, -0.2) is 0 Å². The Morgan fingerprint density at radius 2 is 1.71 bits per heavy atom. The highest BCUT2D eigenvalue weighted by Gasteiger charge is 1.82. The van der Waals surface area contributed by atoms with Gasteiger partial charge in [-0.25, -0.2) is 0 Å². The van der Waals surface area contributed by atoms with E-state index < -0.39 is 0 Å². The lowest BCUT2D eigenvalue weighted by Crippen LogP contribution is -1.72. The second-order valence-electron chi connectivity index (χ2n) is 2.79. The van der Waals surface area contributed by atoms with Crippen molar-refractivity contribution in [1.29, 1.82) is 0 Å². The summed E-state index contributed by atoms with van der Waals surface area (Å²) >= 11 is 2.06. The van der Waals surface area contributed by atoms with Crippen molar-refractivity contribution in [2.45, 2.75) is 19.3 Å². The van der Waals surface area contributed by atoms with Crippen molar-refractivity contribution < 1.29 is 0 Å². The smallest absolute Gasteiger partial charge is 0.0245 e. The lowest BCUT2D eigenvalue weighted by Gasteiger charge is -1.87. The van der Waals surface area contributed by atoms with E-state index in [1.165, 1.54) is 0 Å². The highest BCUT2D eigenvalue weighted by atomic mass is 127. The molecule has 0 unspecified atom stereocenters. The van der Waals surface area contributed by atoms with Gasteiger partial charge in [0.05, 0.1) is 0 Å². The molecule has 0 atom stereocenters. The van der Waals surface area contributed by atoms with E-state index in [-0.39, 0.29) is 0 Å². The van der Waals surface area contributed by atoms with Crippen molar-refractivity contribution >= 4 is 22.6 Å². The number of unbranched alkanes of at least 4 members (excludes halogenated alkanes) is 2. The van der Waals surface area contributed by atoms with E-state index in [0.717, 1.165) is 24.8 Å². The van der Waals surface area contributed by atoms with Gasteiger partial charge < -0.3 is 0 Å². The minimum absolute atomic E-state index is 0.931. The van der Waals surface area contributed by atoms with Gasteiger partial charge in [-0.2, -0.15) is 0 Å². The van der Waals surface area contributed by atoms with Crippen LogP contribution in [0.5, 0.6) is 0 Å². The minimum atomic E-state index is 0.931. The molecule has 0 amide bonds. The van der Waals surface area contributed by atoms with Crippen molar-refractivity contribution in [2.75, 3.05) is 0 Å². The van der Waals surface area contributed by atoms with Gasteiger partial charge in [-0.15, -0.1) is 0 Å².